The zero-order chi connectivity index (χ0) is 14.9. The van der Waals surface area contributed by atoms with Gasteiger partial charge in [0.15, 0.2) is 0 Å². The fraction of sp³-hybridized carbons (Fsp3) is 0.357. The summed E-state index contributed by atoms with van der Waals surface area (Å²) in [6, 6.07) is 5.52. The van der Waals surface area contributed by atoms with Crippen LogP contribution in [0, 0.1) is 5.41 Å². The minimum Gasteiger partial charge on any atom is -0.545 e. The number of ether oxygens (including phenoxy) is 2. The Bertz CT molecular complexity index is 575. The molecule has 0 aromatic heterocycles. The van der Waals surface area contributed by atoms with Gasteiger partial charge in [-0.15, -0.1) is 0 Å². The molecule has 106 valence electrons. The van der Waals surface area contributed by atoms with E-state index in [2.05, 4.69) is 0 Å². The first-order chi connectivity index (χ1) is 9.33. The van der Waals surface area contributed by atoms with Crippen molar-refractivity contribution in [3.63, 3.8) is 0 Å². The molecule has 1 saturated heterocycles. The second-order valence-corrected chi connectivity index (χ2v) is 5.21. The molecule has 1 heterocycles. The van der Waals surface area contributed by atoms with Crippen molar-refractivity contribution in [2.75, 3.05) is 6.61 Å². The van der Waals surface area contributed by atoms with Crippen LogP contribution in [0.5, 0.6) is 0 Å². The third-order valence-corrected chi connectivity index (χ3v) is 3.10. The number of hydrogen-bond donors (Lipinski definition) is 0. The van der Waals surface area contributed by atoms with Crippen molar-refractivity contribution < 1.29 is 29.0 Å². The molecule has 0 N–H and O–H groups in total. The smallest absolute Gasteiger partial charge is 0.348 e. The lowest BCUT2D eigenvalue weighted by atomic mass is 9.90. The molecule has 1 fully saturated rings. The Morgan fingerprint density at radius 3 is 2.40 bits per heavy atom. The lowest BCUT2D eigenvalue weighted by Gasteiger charge is -2.22. The van der Waals surface area contributed by atoms with E-state index in [0.29, 0.717) is 0 Å². The average molecular weight is 277 g/mol. The van der Waals surface area contributed by atoms with Crippen LogP contribution in [-0.4, -0.2) is 30.6 Å². The van der Waals surface area contributed by atoms with Crippen LogP contribution in [0.3, 0.4) is 0 Å². The van der Waals surface area contributed by atoms with Crippen molar-refractivity contribution in [1.29, 1.82) is 0 Å². The molecule has 0 radical (unpaired) electrons. The van der Waals surface area contributed by atoms with Crippen molar-refractivity contribution in [3.05, 3.63) is 35.4 Å². The molecule has 0 spiro atoms. The van der Waals surface area contributed by atoms with Crippen LogP contribution in [0.15, 0.2) is 24.3 Å². The summed E-state index contributed by atoms with van der Waals surface area (Å²) >= 11 is 0. The van der Waals surface area contributed by atoms with Gasteiger partial charge >= 0.3 is 11.9 Å². The van der Waals surface area contributed by atoms with Crippen molar-refractivity contribution in [2.24, 2.45) is 5.41 Å². The molecule has 1 aliphatic rings. The van der Waals surface area contributed by atoms with Gasteiger partial charge in [-0.05, 0) is 6.07 Å². The summed E-state index contributed by atoms with van der Waals surface area (Å²) in [4.78, 5) is 34.5. The maximum absolute atomic E-state index is 12.0. The number of rotatable bonds is 3. The predicted molar refractivity (Wildman–Crippen MR) is 64.7 cm³/mol. The first-order valence-electron chi connectivity index (χ1n) is 6.01. The predicted octanol–water partition coefficient (Wildman–Crippen LogP) is 0.159. The molecule has 6 heteroatoms. The Labute approximate surface area is 115 Å². The van der Waals surface area contributed by atoms with Crippen molar-refractivity contribution >= 4 is 17.9 Å². The summed E-state index contributed by atoms with van der Waals surface area (Å²) < 4.78 is 9.96. The molecule has 0 saturated carbocycles. The van der Waals surface area contributed by atoms with Gasteiger partial charge in [0.25, 0.3) is 0 Å². The van der Waals surface area contributed by atoms with Crippen molar-refractivity contribution in [3.8, 4) is 0 Å². The number of carbonyl (C=O) groups is 3. The van der Waals surface area contributed by atoms with Gasteiger partial charge in [-0.2, -0.15) is 0 Å². The number of carboxylic acid groups (broad SMARTS) is 1. The van der Waals surface area contributed by atoms with Crippen LogP contribution in [-0.2, 0) is 14.3 Å². The second-order valence-electron chi connectivity index (χ2n) is 5.21. The van der Waals surface area contributed by atoms with E-state index in [1.807, 2.05) is 0 Å². The van der Waals surface area contributed by atoms with Crippen LogP contribution in [0.25, 0.3) is 0 Å². The zero-order valence-corrected chi connectivity index (χ0v) is 11.0. The van der Waals surface area contributed by atoms with E-state index >= 15 is 0 Å². The van der Waals surface area contributed by atoms with E-state index in [0.717, 1.165) is 0 Å². The largest absolute Gasteiger partial charge is 0.545 e. The van der Waals surface area contributed by atoms with E-state index in [1.165, 1.54) is 24.3 Å². The molecule has 1 aliphatic heterocycles. The van der Waals surface area contributed by atoms with Gasteiger partial charge in [0, 0.05) is 11.0 Å². The van der Waals surface area contributed by atoms with Crippen LogP contribution in [0.4, 0.5) is 0 Å². The van der Waals surface area contributed by atoms with Gasteiger partial charge < -0.3 is 19.4 Å². The van der Waals surface area contributed by atoms with Gasteiger partial charge in [-0.1, -0.05) is 32.0 Å². The fourth-order valence-electron chi connectivity index (χ4n) is 1.94. The standard InChI is InChI=1S/C14H14O6/c1-14(2)7-19-13(18)10(14)20-12(17)9-6-4-3-5-8(9)11(15)16/h3-6,10H,7H2,1-2H3,(H,15,16)/p-1/t10-/m0/s1. The molecule has 1 aromatic rings. The van der Waals surface area contributed by atoms with Gasteiger partial charge in [0.1, 0.15) is 6.61 Å². The van der Waals surface area contributed by atoms with Gasteiger partial charge in [-0.3, -0.25) is 0 Å². The molecular weight excluding hydrogens is 264 g/mol. The lowest BCUT2D eigenvalue weighted by molar-refractivity contribution is -0.255. The Kier molecular flexibility index (Phi) is 3.48. The molecule has 2 rings (SSSR count). The number of esters is 2. The number of hydrogen-bond acceptors (Lipinski definition) is 6. The maximum Gasteiger partial charge on any atom is 0.348 e. The third kappa shape index (κ3) is 2.49. The lowest BCUT2D eigenvalue weighted by Crippen LogP contribution is -2.35. The summed E-state index contributed by atoms with van der Waals surface area (Å²) in [5.41, 5.74) is -1.08. The molecule has 0 aliphatic carbocycles. The third-order valence-electron chi connectivity index (χ3n) is 3.10. The summed E-state index contributed by atoms with van der Waals surface area (Å²) in [6.45, 7) is 3.59. The van der Waals surface area contributed by atoms with E-state index in [4.69, 9.17) is 9.47 Å². The highest BCUT2D eigenvalue weighted by molar-refractivity contribution is 6.02. The summed E-state index contributed by atoms with van der Waals surface area (Å²) in [5.74, 6) is -3.00. The first-order valence-corrected chi connectivity index (χ1v) is 6.01. The molecule has 1 atom stereocenters. The normalized spacial score (nSPS) is 20.3. The number of carbonyl (C=O) groups excluding carboxylic acids is 3. The second kappa shape index (κ2) is 4.96. The Morgan fingerprint density at radius 1 is 1.30 bits per heavy atom. The fourth-order valence-corrected chi connectivity index (χ4v) is 1.94. The van der Waals surface area contributed by atoms with E-state index in [1.54, 1.807) is 13.8 Å². The topological polar surface area (TPSA) is 92.7 Å². The monoisotopic (exact) mass is 277 g/mol. The quantitative estimate of drug-likeness (QED) is 0.731. The van der Waals surface area contributed by atoms with E-state index in [-0.39, 0.29) is 17.7 Å². The van der Waals surface area contributed by atoms with Crippen LogP contribution in [0.2, 0.25) is 0 Å². The minimum absolute atomic E-state index is 0.145. The number of aromatic carboxylic acids is 1. The SMILES string of the molecule is CC1(C)COC(=O)[C@@H]1OC(=O)c1ccccc1C(=O)[O-]. The molecule has 20 heavy (non-hydrogen) atoms. The Morgan fingerprint density at radius 2 is 1.90 bits per heavy atom. The first kappa shape index (κ1) is 14.0. The number of benzene rings is 1. The van der Waals surface area contributed by atoms with Crippen molar-refractivity contribution in [1.82, 2.24) is 0 Å². The Balaban J connectivity index is 2.25. The molecular formula is C14H13O6-. The zero-order valence-electron chi connectivity index (χ0n) is 11.0. The molecule has 0 bridgehead atoms. The van der Waals surface area contributed by atoms with E-state index in [9.17, 15) is 19.5 Å². The number of carboxylic acids is 1. The minimum atomic E-state index is -1.48. The van der Waals surface area contributed by atoms with Crippen LogP contribution >= 0.6 is 0 Å². The van der Waals surface area contributed by atoms with Gasteiger partial charge in [0.2, 0.25) is 6.10 Å². The summed E-state index contributed by atoms with van der Waals surface area (Å²) in [6.07, 6.45) is -1.05. The highest BCUT2D eigenvalue weighted by atomic mass is 16.6. The van der Waals surface area contributed by atoms with Gasteiger partial charge in [-0.25, -0.2) is 9.59 Å². The van der Waals surface area contributed by atoms with Crippen LogP contribution in [0.1, 0.15) is 34.6 Å². The van der Waals surface area contributed by atoms with Gasteiger partial charge in [0.05, 0.1) is 11.5 Å². The van der Waals surface area contributed by atoms with E-state index < -0.39 is 29.4 Å². The van der Waals surface area contributed by atoms with Crippen molar-refractivity contribution in [2.45, 2.75) is 20.0 Å². The highest BCUT2D eigenvalue weighted by Crippen LogP contribution is 2.31. The highest BCUT2D eigenvalue weighted by Gasteiger charge is 2.46. The Hall–Kier alpha value is -2.37. The molecule has 6 nitrogen and oxygen atoms in total. The molecule has 0 unspecified atom stereocenters. The van der Waals surface area contributed by atoms with Crippen LogP contribution < -0.4 is 5.11 Å². The maximum atomic E-state index is 12.0. The number of cyclic esters (lactones) is 1. The molecule has 0 amide bonds. The average Bonchev–Trinajstić information content (AvgIpc) is 2.65. The summed E-state index contributed by atoms with van der Waals surface area (Å²) in [5, 5.41) is 10.9. The summed E-state index contributed by atoms with van der Waals surface area (Å²) in [7, 11) is 0. The molecule has 1 aromatic carbocycles.